The van der Waals surface area contributed by atoms with Gasteiger partial charge in [-0.25, -0.2) is 0 Å². The molecule has 1 atom stereocenters. The molecule has 0 spiro atoms. The number of carbonyl (C=O) groups excluding carboxylic acids is 1. The summed E-state index contributed by atoms with van der Waals surface area (Å²) < 4.78 is 2.30. The first-order valence-corrected chi connectivity index (χ1v) is 9.44. The molecule has 0 radical (unpaired) electrons. The number of nitrogens with one attached hydrogen (secondary N) is 2. The molecule has 1 aliphatic rings. The third-order valence-electron chi connectivity index (χ3n) is 4.99. The van der Waals surface area contributed by atoms with Crippen molar-refractivity contribution in [2.24, 2.45) is 5.16 Å². The third kappa shape index (κ3) is 3.28. The average Bonchev–Trinajstić information content (AvgIpc) is 3.29. The lowest BCUT2D eigenvalue weighted by molar-refractivity contribution is -0.117. The number of hydrogen-bond donors (Lipinski definition) is 2. The molecule has 6 heteroatoms. The molecule has 1 aromatic heterocycles. The van der Waals surface area contributed by atoms with Gasteiger partial charge in [0.25, 0.3) is 0 Å². The van der Waals surface area contributed by atoms with Gasteiger partial charge in [-0.15, -0.1) is 0 Å². The van der Waals surface area contributed by atoms with Gasteiger partial charge in [-0.05, 0) is 38.1 Å². The van der Waals surface area contributed by atoms with Gasteiger partial charge in [-0.3, -0.25) is 4.79 Å². The lowest BCUT2D eigenvalue weighted by Gasteiger charge is -2.11. The number of para-hydroxylation sites is 1. The summed E-state index contributed by atoms with van der Waals surface area (Å²) in [6, 6.07) is 14.2. The number of aryl methyl sites for hydroxylation is 1. The first kappa shape index (κ1) is 17.5. The van der Waals surface area contributed by atoms with E-state index in [2.05, 4.69) is 63.7 Å². The molecule has 1 aliphatic heterocycles. The average molecular weight is 364 g/mol. The zero-order valence-electron chi connectivity index (χ0n) is 15.7. The summed E-state index contributed by atoms with van der Waals surface area (Å²) in [7, 11) is 0. The van der Waals surface area contributed by atoms with Crippen molar-refractivity contribution < 1.29 is 9.63 Å². The number of amides is 1. The minimum atomic E-state index is -0.281. The van der Waals surface area contributed by atoms with Crippen LogP contribution in [0.25, 0.3) is 21.8 Å². The predicted molar refractivity (Wildman–Crippen MR) is 109 cm³/mol. The van der Waals surface area contributed by atoms with Gasteiger partial charge in [0, 0.05) is 47.0 Å². The highest BCUT2D eigenvalue weighted by Crippen LogP contribution is 2.31. The summed E-state index contributed by atoms with van der Waals surface area (Å²) in [5, 5.41) is 12.6. The van der Waals surface area contributed by atoms with Crippen molar-refractivity contribution in [3.05, 3.63) is 42.5 Å². The number of aromatic nitrogens is 1. The topological polar surface area (TPSA) is 67.7 Å². The fourth-order valence-corrected chi connectivity index (χ4v) is 3.73. The van der Waals surface area contributed by atoms with E-state index in [0.29, 0.717) is 19.6 Å². The van der Waals surface area contributed by atoms with Crippen molar-refractivity contribution >= 4 is 39.1 Å². The zero-order chi connectivity index (χ0) is 18.8. The summed E-state index contributed by atoms with van der Waals surface area (Å²) >= 11 is 0. The normalized spacial score (nSPS) is 18.4. The van der Waals surface area contributed by atoms with Crippen LogP contribution in [0.5, 0.6) is 0 Å². The van der Waals surface area contributed by atoms with E-state index in [1.165, 1.54) is 16.4 Å². The number of carbonyl (C=O) groups is 1. The van der Waals surface area contributed by atoms with Crippen molar-refractivity contribution in [2.75, 3.05) is 18.5 Å². The molecule has 4 rings (SSSR count). The monoisotopic (exact) mass is 364 g/mol. The molecule has 2 N–H and O–H groups in total. The maximum Gasteiger partial charge on any atom is 0.241 e. The minimum absolute atomic E-state index is 0.0460. The van der Waals surface area contributed by atoms with E-state index in [-0.39, 0.29) is 11.9 Å². The lowest BCUT2D eigenvalue weighted by Crippen LogP contribution is -2.35. The Balaban J connectivity index is 1.58. The summed E-state index contributed by atoms with van der Waals surface area (Å²) in [5.41, 5.74) is 4.08. The molecule has 2 heterocycles. The van der Waals surface area contributed by atoms with Gasteiger partial charge >= 0.3 is 0 Å². The summed E-state index contributed by atoms with van der Waals surface area (Å²) in [6.45, 7) is 6.06. The van der Waals surface area contributed by atoms with Gasteiger partial charge in [0.1, 0.15) is 6.61 Å². The second-order valence-corrected chi connectivity index (χ2v) is 6.70. The van der Waals surface area contributed by atoms with E-state index >= 15 is 0 Å². The largest absolute Gasteiger partial charge is 0.396 e. The van der Waals surface area contributed by atoms with Gasteiger partial charge < -0.3 is 20.0 Å². The SMILES string of the molecule is CCO/N=C1/CN[C@H](C(=O)Nc2ccc3c(c2)c2ccccc2n3CC)C1. The Morgan fingerprint density at radius 1 is 1.22 bits per heavy atom. The van der Waals surface area contributed by atoms with Crippen molar-refractivity contribution in [3.8, 4) is 0 Å². The summed E-state index contributed by atoms with van der Waals surface area (Å²) in [6.07, 6.45) is 0.573. The first-order valence-electron chi connectivity index (χ1n) is 9.44. The van der Waals surface area contributed by atoms with Crippen molar-refractivity contribution in [3.63, 3.8) is 0 Å². The number of rotatable bonds is 5. The number of anilines is 1. The van der Waals surface area contributed by atoms with Crippen LogP contribution in [0.1, 0.15) is 20.3 Å². The summed E-state index contributed by atoms with van der Waals surface area (Å²) in [5.74, 6) is -0.0460. The molecule has 0 bridgehead atoms. The van der Waals surface area contributed by atoms with Gasteiger partial charge in [-0.2, -0.15) is 0 Å². The van der Waals surface area contributed by atoms with Crippen LogP contribution >= 0.6 is 0 Å². The van der Waals surface area contributed by atoms with E-state index in [9.17, 15) is 4.79 Å². The fourth-order valence-electron chi connectivity index (χ4n) is 3.73. The highest BCUT2D eigenvalue weighted by atomic mass is 16.6. The Morgan fingerprint density at radius 3 is 2.85 bits per heavy atom. The molecule has 2 aromatic carbocycles. The smallest absolute Gasteiger partial charge is 0.241 e. The molecule has 0 unspecified atom stereocenters. The van der Waals surface area contributed by atoms with Crippen molar-refractivity contribution in [1.29, 1.82) is 0 Å². The molecule has 140 valence electrons. The molecular weight excluding hydrogens is 340 g/mol. The number of oxime groups is 1. The molecule has 0 aliphatic carbocycles. The molecule has 0 saturated carbocycles. The third-order valence-corrected chi connectivity index (χ3v) is 4.99. The van der Waals surface area contributed by atoms with E-state index in [1.54, 1.807) is 0 Å². The van der Waals surface area contributed by atoms with Crippen molar-refractivity contribution in [1.82, 2.24) is 9.88 Å². The maximum atomic E-state index is 12.6. The number of hydrogen-bond acceptors (Lipinski definition) is 4. The Hall–Kier alpha value is -2.86. The summed E-state index contributed by atoms with van der Waals surface area (Å²) in [4.78, 5) is 17.7. The Labute approximate surface area is 158 Å². The van der Waals surface area contributed by atoms with E-state index in [0.717, 1.165) is 23.3 Å². The Bertz CT molecular complexity index is 1020. The van der Waals surface area contributed by atoms with Crippen LogP contribution in [0, 0.1) is 0 Å². The highest BCUT2D eigenvalue weighted by Gasteiger charge is 2.27. The van der Waals surface area contributed by atoms with Gasteiger partial charge in [-0.1, -0.05) is 23.4 Å². The fraction of sp³-hybridized carbons (Fsp3) is 0.333. The molecule has 1 saturated heterocycles. The molecule has 6 nitrogen and oxygen atoms in total. The van der Waals surface area contributed by atoms with Crippen LogP contribution in [-0.4, -0.2) is 35.4 Å². The molecule has 1 fully saturated rings. The van der Waals surface area contributed by atoms with Crippen LogP contribution in [0.15, 0.2) is 47.6 Å². The van der Waals surface area contributed by atoms with Crippen LogP contribution in [0.3, 0.4) is 0 Å². The van der Waals surface area contributed by atoms with Crippen molar-refractivity contribution in [2.45, 2.75) is 32.9 Å². The Kier molecular flexibility index (Phi) is 4.81. The van der Waals surface area contributed by atoms with Crippen LogP contribution < -0.4 is 10.6 Å². The quantitative estimate of drug-likeness (QED) is 0.681. The van der Waals surface area contributed by atoms with E-state index in [4.69, 9.17) is 4.84 Å². The number of fused-ring (bicyclic) bond motifs is 3. The number of benzene rings is 2. The first-order chi connectivity index (χ1) is 13.2. The maximum absolute atomic E-state index is 12.6. The Morgan fingerprint density at radius 2 is 2.04 bits per heavy atom. The molecule has 1 amide bonds. The standard InChI is InChI=1S/C21H24N4O2/c1-3-25-19-8-6-5-7-16(19)17-11-14(9-10-20(17)25)23-21(26)18-12-15(13-22-18)24-27-4-2/h5-11,18,22H,3-4,12-13H2,1-2H3,(H,23,26)/b24-15+/t18-/m0/s1. The second kappa shape index (κ2) is 7.40. The van der Waals surface area contributed by atoms with Gasteiger partial charge in [0.15, 0.2) is 0 Å². The van der Waals surface area contributed by atoms with Gasteiger partial charge in [0.2, 0.25) is 5.91 Å². The van der Waals surface area contributed by atoms with Crippen LogP contribution in [0.2, 0.25) is 0 Å². The lowest BCUT2D eigenvalue weighted by atomic mass is 10.1. The molecule has 3 aromatic rings. The zero-order valence-corrected chi connectivity index (χ0v) is 15.7. The van der Waals surface area contributed by atoms with E-state index < -0.39 is 0 Å². The van der Waals surface area contributed by atoms with E-state index in [1.807, 2.05) is 13.0 Å². The minimum Gasteiger partial charge on any atom is -0.396 e. The van der Waals surface area contributed by atoms with Gasteiger partial charge in [0.05, 0.1) is 11.8 Å². The predicted octanol–water partition coefficient (Wildman–Crippen LogP) is 3.51. The number of nitrogens with zero attached hydrogens (tertiary/aromatic N) is 2. The second-order valence-electron chi connectivity index (χ2n) is 6.70. The molecular formula is C21H24N4O2. The molecule has 27 heavy (non-hydrogen) atoms. The van der Waals surface area contributed by atoms with Crippen LogP contribution in [0.4, 0.5) is 5.69 Å². The van der Waals surface area contributed by atoms with Crippen LogP contribution in [-0.2, 0) is 16.2 Å². The highest BCUT2D eigenvalue weighted by molar-refractivity contribution is 6.10.